The van der Waals surface area contributed by atoms with Gasteiger partial charge >= 0.3 is 5.97 Å². The Kier molecular flexibility index (Phi) is 6.10. The standard InChI is InChI=1S/C19H21N3O7/c1-12-13(19(26)17-14(18(12)25)5-4-6-15(17)23)7-8-16(24)28-11-29-22(27)20-21-9-2-3-10-21/h4-6,23H,2-3,7-11H2,1H3/b22-20+. The molecule has 1 N–H and O–H groups in total. The fraction of sp³-hybridized carbons (Fsp3) is 0.421. The first-order chi connectivity index (χ1) is 13.9. The van der Waals surface area contributed by atoms with Crippen molar-refractivity contribution in [2.45, 2.75) is 32.6 Å². The number of fused-ring (bicyclic) bond motifs is 1. The second kappa shape index (κ2) is 8.72. The Morgan fingerprint density at radius 1 is 1.28 bits per heavy atom. The van der Waals surface area contributed by atoms with E-state index in [-0.39, 0.29) is 51.7 Å². The van der Waals surface area contributed by atoms with Gasteiger partial charge in [-0.3, -0.25) is 14.4 Å². The maximum atomic E-state index is 12.7. The first-order valence-corrected chi connectivity index (χ1v) is 9.22. The van der Waals surface area contributed by atoms with Crippen molar-refractivity contribution in [3.63, 3.8) is 0 Å². The van der Waals surface area contributed by atoms with Gasteiger partial charge in [0.25, 0.3) is 0 Å². The molecule has 1 aliphatic carbocycles. The molecule has 0 radical (unpaired) electrons. The molecule has 1 saturated heterocycles. The molecule has 0 aromatic heterocycles. The number of carbonyl (C=O) groups is 3. The van der Waals surface area contributed by atoms with Gasteiger partial charge in [0.15, 0.2) is 18.4 Å². The van der Waals surface area contributed by atoms with Crippen LogP contribution >= 0.6 is 0 Å². The Labute approximate surface area is 166 Å². The molecule has 154 valence electrons. The van der Waals surface area contributed by atoms with Crippen molar-refractivity contribution in [3.05, 3.63) is 45.7 Å². The quantitative estimate of drug-likeness (QED) is 0.317. The topological polar surface area (TPSA) is 132 Å². The van der Waals surface area contributed by atoms with E-state index in [0.29, 0.717) is 13.1 Å². The number of phenolic OH excluding ortho intramolecular Hbond substituents is 1. The summed E-state index contributed by atoms with van der Waals surface area (Å²) in [6.45, 7) is 2.23. The molecule has 0 atom stereocenters. The molecule has 0 saturated carbocycles. The lowest BCUT2D eigenvalue weighted by atomic mass is 9.82. The van der Waals surface area contributed by atoms with Crippen LogP contribution in [-0.2, 0) is 14.4 Å². The Bertz CT molecular complexity index is 901. The number of Topliss-reactive ketones (excluding diaryl/α,β-unsaturated/α-hetero) is 2. The number of rotatable bonds is 7. The van der Waals surface area contributed by atoms with E-state index >= 15 is 0 Å². The van der Waals surface area contributed by atoms with Crippen LogP contribution in [0.2, 0.25) is 0 Å². The summed E-state index contributed by atoms with van der Waals surface area (Å²) in [5.74, 6) is -1.84. The van der Waals surface area contributed by atoms with Gasteiger partial charge in [-0.2, -0.15) is 5.01 Å². The SMILES string of the molecule is CC1=C(CCC(=O)OCO/[N+]([O-])=N/N2CCCC2)C(=O)c2c(O)cccc2C1=O. The van der Waals surface area contributed by atoms with Crippen molar-refractivity contribution in [1.82, 2.24) is 5.01 Å². The van der Waals surface area contributed by atoms with Crippen molar-refractivity contribution in [2.24, 2.45) is 5.22 Å². The van der Waals surface area contributed by atoms with E-state index in [4.69, 9.17) is 4.74 Å². The third-order valence-electron chi connectivity index (χ3n) is 4.83. The summed E-state index contributed by atoms with van der Waals surface area (Å²) in [4.78, 5) is 41.6. The Balaban J connectivity index is 1.53. The zero-order valence-corrected chi connectivity index (χ0v) is 15.9. The van der Waals surface area contributed by atoms with Crippen LogP contribution in [0.3, 0.4) is 0 Å². The number of benzene rings is 1. The second-order valence-electron chi connectivity index (χ2n) is 6.71. The lowest BCUT2D eigenvalue weighted by Crippen LogP contribution is -2.22. The molecule has 3 rings (SSSR count). The molecule has 29 heavy (non-hydrogen) atoms. The average molecular weight is 403 g/mol. The van der Waals surface area contributed by atoms with Gasteiger partial charge in [0.2, 0.25) is 0 Å². The van der Waals surface area contributed by atoms with Crippen molar-refractivity contribution >= 4 is 17.5 Å². The third-order valence-corrected chi connectivity index (χ3v) is 4.83. The molecule has 10 nitrogen and oxygen atoms in total. The van der Waals surface area contributed by atoms with Crippen molar-refractivity contribution < 1.29 is 34.1 Å². The van der Waals surface area contributed by atoms with Gasteiger partial charge in [-0.25, -0.2) is 0 Å². The Morgan fingerprint density at radius 2 is 2.00 bits per heavy atom. The van der Waals surface area contributed by atoms with Gasteiger partial charge in [0.1, 0.15) is 24.1 Å². The molecule has 2 aliphatic rings. The number of hydrogen-bond donors (Lipinski definition) is 1. The predicted octanol–water partition coefficient (Wildman–Crippen LogP) is 2.27. The number of hydrogen-bond acceptors (Lipinski definition) is 8. The van der Waals surface area contributed by atoms with Gasteiger partial charge in [-0.15, -0.1) is 0 Å². The highest BCUT2D eigenvalue weighted by Gasteiger charge is 2.32. The molecule has 1 aromatic carbocycles. The van der Waals surface area contributed by atoms with Crippen LogP contribution in [0.15, 0.2) is 34.6 Å². The van der Waals surface area contributed by atoms with E-state index in [1.807, 2.05) is 0 Å². The minimum atomic E-state index is -0.705. The Morgan fingerprint density at radius 3 is 2.72 bits per heavy atom. The minimum absolute atomic E-state index is 0.00564. The summed E-state index contributed by atoms with van der Waals surface area (Å²) in [6.07, 6.45) is 1.67. The number of carbonyl (C=O) groups excluding carboxylic acids is 3. The van der Waals surface area contributed by atoms with E-state index in [1.54, 1.807) is 5.01 Å². The summed E-state index contributed by atoms with van der Waals surface area (Å²) < 4.78 is 4.81. The van der Waals surface area contributed by atoms with Gasteiger partial charge in [-0.05, 0) is 32.3 Å². The van der Waals surface area contributed by atoms with Crippen LogP contribution in [0.1, 0.15) is 53.3 Å². The van der Waals surface area contributed by atoms with Crippen molar-refractivity contribution in [1.29, 1.82) is 0 Å². The van der Waals surface area contributed by atoms with E-state index < -0.39 is 18.5 Å². The van der Waals surface area contributed by atoms with Gasteiger partial charge in [0.05, 0.1) is 10.6 Å². The van der Waals surface area contributed by atoms with Crippen LogP contribution in [0, 0.1) is 5.21 Å². The largest absolute Gasteiger partial charge is 0.507 e. The molecule has 0 bridgehead atoms. The fourth-order valence-electron chi connectivity index (χ4n) is 3.28. The van der Waals surface area contributed by atoms with Gasteiger partial charge in [-0.1, -0.05) is 12.1 Å². The van der Waals surface area contributed by atoms with Crippen molar-refractivity contribution in [2.75, 3.05) is 19.9 Å². The number of esters is 1. The molecular weight excluding hydrogens is 382 g/mol. The van der Waals surface area contributed by atoms with Crippen LogP contribution < -0.4 is 0 Å². The number of nitrogens with zero attached hydrogens (tertiary/aromatic N) is 3. The number of phenols is 1. The summed E-state index contributed by atoms with van der Waals surface area (Å²) in [7, 11) is 0. The average Bonchev–Trinajstić information content (AvgIpc) is 3.19. The number of ketones is 2. The van der Waals surface area contributed by atoms with Crippen LogP contribution in [0.5, 0.6) is 5.75 Å². The molecule has 1 heterocycles. The molecule has 1 aliphatic heterocycles. The zero-order valence-electron chi connectivity index (χ0n) is 15.9. The highest BCUT2D eigenvalue weighted by atomic mass is 16.9. The molecular formula is C19H21N3O7. The predicted molar refractivity (Wildman–Crippen MR) is 97.6 cm³/mol. The first kappa shape index (κ1) is 20.3. The number of aromatic hydroxyl groups is 1. The van der Waals surface area contributed by atoms with E-state index in [2.05, 4.69) is 10.1 Å². The summed E-state index contributed by atoms with van der Waals surface area (Å²) in [6, 6.07) is 4.29. The minimum Gasteiger partial charge on any atom is -0.507 e. The lowest BCUT2D eigenvalue weighted by molar-refractivity contribution is -0.805. The smallest absolute Gasteiger partial charge is 0.307 e. The molecule has 0 amide bonds. The first-order valence-electron chi connectivity index (χ1n) is 9.22. The van der Waals surface area contributed by atoms with Gasteiger partial charge in [0, 0.05) is 23.1 Å². The summed E-state index contributed by atoms with van der Waals surface area (Å²) in [5, 5.41) is 26.6. The molecule has 1 aromatic rings. The molecule has 10 heteroatoms. The van der Waals surface area contributed by atoms with Crippen molar-refractivity contribution in [3.8, 4) is 5.75 Å². The normalized spacial score (nSPS) is 16.9. The highest BCUT2D eigenvalue weighted by Crippen LogP contribution is 2.33. The molecule has 0 spiro atoms. The van der Waals surface area contributed by atoms with E-state index in [9.17, 15) is 24.7 Å². The summed E-state index contributed by atoms with van der Waals surface area (Å²) >= 11 is 0. The lowest BCUT2D eigenvalue weighted by Gasteiger charge is -2.19. The number of allylic oxidation sites excluding steroid dienone is 2. The molecule has 0 unspecified atom stereocenters. The molecule has 1 fully saturated rings. The third kappa shape index (κ3) is 4.53. The van der Waals surface area contributed by atoms with Crippen LogP contribution in [0.4, 0.5) is 0 Å². The Hall–Kier alpha value is -3.43. The van der Waals surface area contributed by atoms with Crippen LogP contribution in [-0.4, -0.2) is 52.6 Å². The highest BCUT2D eigenvalue weighted by molar-refractivity contribution is 6.27. The summed E-state index contributed by atoms with van der Waals surface area (Å²) in [5.41, 5.74) is 0.466. The van der Waals surface area contributed by atoms with Crippen LogP contribution in [0.25, 0.3) is 0 Å². The number of ether oxygens (including phenoxy) is 1. The zero-order chi connectivity index (χ0) is 21.0. The fourth-order valence-corrected chi connectivity index (χ4v) is 3.28. The maximum Gasteiger partial charge on any atom is 0.307 e. The maximum absolute atomic E-state index is 12.7. The second-order valence-corrected chi connectivity index (χ2v) is 6.71. The van der Waals surface area contributed by atoms with Gasteiger partial charge < -0.3 is 19.9 Å². The monoisotopic (exact) mass is 403 g/mol. The van der Waals surface area contributed by atoms with E-state index in [1.165, 1.54) is 25.1 Å². The van der Waals surface area contributed by atoms with E-state index in [0.717, 1.165) is 12.8 Å².